The molecule has 0 radical (unpaired) electrons. The van der Waals surface area contributed by atoms with Gasteiger partial charge in [0.05, 0.1) is 6.42 Å². The lowest BCUT2D eigenvalue weighted by atomic mass is 10.2. The number of nitrogens with one attached hydrogen (secondary N) is 2. The standard InChI is InChI=1S/C16H15N3O7S2/c20-13(21)8-7-12(16(23)24)17-18-15(22)10-3-5-11(6-4-10)19-28(25,26)14-2-1-9-27-14/h1-6,9,19H,7-8H2,(H,18,22)(H,20,21)(H,23,24)/b17-12-. The molecule has 2 aromatic rings. The maximum atomic E-state index is 12.1. The van der Waals surface area contributed by atoms with Crippen molar-refractivity contribution in [3.05, 3.63) is 47.3 Å². The summed E-state index contributed by atoms with van der Waals surface area (Å²) >= 11 is 1.06. The van der Waals surface area contributed by atoms with Crippen LogP contribution in [-0.4, -0.2) is 42.2 Å². The van der Waals surface area contributed by atoms with Crippen molar-refractivity contribution in [3.63, 3.8) is 0 Å². The molecule has 0 saturated carbocycles. The van der Waals surface area contributed by atoms with Gasteiger partial charge in [-0.15, -0.1) is 11.3 Å². The van der Waals surface area contributed by atoms with Crippen LogP contribution < -0.4 is 10.1 Å². The summed E-state index contributed by atoms with van der Waals surface area (Å²) in [5, 5.41) is 22.6. The summed E-state index contributed by atoms with van der Waals surface area (Å²) in [5.41, 5.74) is 1.87. The summed E-state index contributed by atoms with van der Waals surface area (Å²) in [5.74, 6) is -3.37. The predicted octanol–water partition coefficient (Wildman–Crippen LogP) is 1.58. The molecule has 0 atom stereocenters. The van der Waals surface area contributed by atoms with Gasteiger partial charge in [0, 0.05) is 17.7 Å². The number of nitrogens with zero attached hydrogens (tertiary/aromatic N) is 1. The fraction of sp³-hybridized carbons (Fsp3) is 0.125. The number of carboxylic acids is 2. The predicted molar refractivity (Wildman–Crippen MR) is 101 cm³/mol. The molecule has 0 bridgehead atoms. The van der Waals surface area contributed by atoms with Crippen LogP contribution in [0.5, 0.6) is 0 Å². The first-order valence-electron chi connectivity index (χ1n) is 7.67. The summed E-state index contributed by atoms with van der Waals surface area (Å²) in [4.78, 5) is 33.5. The lowest BCUT2D eigenvalue weighted by molar-refractivity contribution is -0.136. The van der Waals surface area contributed by atoms with E-state index in [-0.39, 0.29) is 21.9 Å². The minimum absolute atomic E-state index is 0.103. The van der Waals surface area contributed by atoms with Crippen molar-refractivity contribution in [1.82, 2.24) is 5.43 Å². The van der Waals surface area contributed by atoms with Crippen LogP contribution in [0.15, 0.2) is 51.1 Å². The molecule has 0 spiro atoms. The van der Waals surface area contributed by atoms with Crippen molar-refractivity contribution in [1.29, 1.82) is 0 Å². The second-order valence-electron chi connectivity index (χ2n) is 5.31. The maximum Gasteiger partial charge on any atom is 0.352 e. The van der Waals surface area contributed by atoms with Crippen LogP contribution in [-0.2, 0) is 19.6 Å². The van der Waals surface area contributed by atoms with Gasteiger partial charge in [0.2, 0.25) is 0 Å². The molecule has 1 aromatic carbocycles. The van der Waals surface area contributed by atoms with E-state index in [4.69, 9.17) is 10.2 Å². The summed E-state index contributed by atoms with van der Waals surface area (Å²) in [6.45, 7) is 0. The van der Waals surface area contributed by atoms with Crippen molar-refractivity contribution in [3.8, 4) is 0 Å². The number of anilines is 1. The summed E-state index contributed by atoms with van der Waals surface area (Å²) in [7, 11) is -3.71. The second-order valence-corrected chi connectivity index (χ2v) is 8.17. The molecule has 0 saturated heterocycles. The highest BCUT2D eigenvalue weighted by Crippen LogP contribution is 2.20. The van der Waals surface area contributed by atoms with Gasteiger partial charge < -0.3 is 10.2 Å². The Morgan fingerprint density at radius 3 is 2.25 bits per heavy atom. The van der Waals surface area contributed by atoms with Gasteiger partial charge >= 0.3 is 11.9 Å². The van der Waals surface area contributed by atoms with E-state index in [2.05, 4.69) is 9.82 Å². The molecule has 1 aromatic heterocycles. The minimum atomic E-state index is -3.71. The van der Waals surface area contributed by atoms with E-state index < -0.39 is 40.0 Å². The molecule has 0 aliphatic rings. The first-order chi connectivity index (χ1) is 13.2. The Labute approximate surface area is 163 Å². The van der Waals surface area contributed by atoms with Gasteiger partial charge in [-0.2, -0.15) is 5.10 Å². The number of carbonyl (C=O) groups excluding carboxylic acids is 1. The molecule has 0 unspecified atom stereocenters. The van der Waals surface area contributed by atoms with Crippen molar-refractivity contribution in [2.45, 2.75) is 17.1 Å². The topological polar surface area (TPSA) is 162 Å². The van der Waals surface area contributed by atoms with E-state index in [1.807, 2.05) is 5.43 Å². The Hall–Kier alpha value is -3.25. The molecular weight excluding hydrogens is 410 g/mol. The average molecular weight is 425 g/mol. The number of benzene rings is 1. The number of thiophene rings is 1. The SMILES string of the molecule is O=C(O)CC/C(=N/NC(=O)c1ccc(NS(=O)(=O)c2cccs2)cc1)C(=O)O. The van der Waals surface area contributed by atoms with Crippen molar-refractivity contribution in [2.24, 2.45) is 5.10 Å². The zero-order chi connectivity index (χ0) is 20.7. The van der Waals surface area contributed by atoms with E-state index in [0.29, 0.717) is 0 Å². The molecule has 1 amide bonds. The third-order valence-corrected chi connectivity index (χ3v) is 6.05. The Bertz CT molecular complexity index is 997. The second kappa shape index (κ2) is 9.10. The number of carboxylic acid groups (broad SMARTS) is 2. The van der Waals surface area contributed by atoms with Gasteiger partial charge in [-0.05, 0) is 35.7 Å². The first kappa shape index (κ1) is 21.1. The van der Waals surface area contributed by atoms with Gasteiger partial charge in [0.15, 0.2) is 0 Å². The maximum absolute atomic E-state index is 12.1. The van der Waals surface area contributed by atoms with Crippen LogP contribution in [0.25, 0.3) is 0 Å². The highest BCUT2D eigenvalue weighted by Gasteiger charge is 2.16. The van der Waals surface area contributed by atoms with Crippen molar-refractivity contribution in [2.75, 3.05) is 4.72 Å². The summed E-state index contributed by atoms with van der Waals surface area (Å²) in [6, 6.07) is 8.45. The number of hydrazone groups is 1. The molecule has 0 aliphatic heterocycles. The molecule has 0 fully saturated rings. The molecule has 0 aliphatic carbocycles. The Morgan fingerprint density at radius 2 is 1.71 bits per heavy atom. The lowest BCUT2D eigenvalue weighted by Crippen LogP contribution is -2.24. The van der Waals surface area contributed by atoms with Crippen LogP contribution in [0.1, 0.15) is 23.2 Å². The smallest absolute Gasteiger partial charge is 0.352 e. The lowest BCUT2D eigenvalue weighted by Gasteiger charge is -2.07. The fourth-order valence-corrected chi connectivity index (χ4v) is 3.98. The molecule has 28 heavy (non-hydrogen) atoms. The number of amides is 1. The van der Waals surface area contributed by atoms with Gasteiger partial charge in [-0.1, -0.05) is 6.07 Å². The monoisotopic (exact) mass is 425 g/mol. The fourth-order valence-electron chi connectivity index (χ4n) is 1.93. The average Bonchev–Trinajstić information content (AvgIpc) is 3.17. The minimum Gasteiger partial charge on any atom is -0.481 e. The van der Waals surface area contributed by atoms with Crippen LogP contribution in [0.4, 0.5) is 5.69 Å². The quantitative estimate of drug-likeness (QED) is 0.350. The van der Waals surface area contributed by atoms with Gasteiger partial charge in [-0.3, -0.25) is 14.3 Å². The molecule has 1 heterocycles. The number of rotatable bonds is 9. The zero-order valence-corrected chi connectivity index (χ0v) is 15.8. The normalized spacial score (nSPS) is 11.6. The summed E-state index contributed by atoms with van der Waals surface area (Å²) in [6.07, 6.45) is -0.797. The Balaban J connectivity index is 2.04. The van der Waals surface area contributed by atoms with E-state index in [0.717, 1.165) is 11.3 Å². The highest BCUT2D eigenvalue weighted by atomic mass is 32.2. The van der Waals surface area contributed by atoms with E-state index in [9.17, 15) is 22.8 Å². The van der Waals surface area contributed by atoms with Gasteiger partial charge in [0.25, 0.3) is 15.9 Å². The van der Waals surface area contributed by atoms with Crippen LogP contribution >= 0.6 is 11.3 Å². The number of hydrogen-bond donors (Lipinski definition) is 4. The molecule has 12 heteroatoms. The van der Waals surface area contributed by atoms with E-state index >= 15 is 0 Å². The summed E-state index contributed by atoms with van der Waals surface area (Å²) < 4.78 is 26.8. The third-order valence-electron chi connectivity index (χ3n) is 3.27. The Morgan fingerprint density at radius 1 is 1.04 bits per heavy atom. The number of sulfonamides is 1. The van der Waals surface area contributed by atoms with Crippen molar-refractivity contribution >= 4 is 50.6 Å². The van der Waals surface area contributed by atoms with Crippen LogP contribution in [0, 0.1) is 0 Å². The van der Waals surface area contributed by atoms with Crippen molar-refractivity contribution < 1.29 is 33.0 Å². The van der Waals surface area contributed by atoms with E-state index in [1.54, 1.807) is 11.4 Å². The zero-order valence-electron chi connectivity index (χ0n) is 14.2. The molecule has 4 N–H and O–H groups in total. The highest BCUT2D eigenvalue weighted by molar-refractivity contribution is 7.94. The molecular formula is C16H15N3O7S2. The molecule has 2 rings (SSSR count). The van der Waals surface area contributed by atoms with E-state index in [1.165, 1.54) is 30.3 Å². The Kier molecular flexibility index (Phi) is 6.84. The van der Waals surface area contributed by atoms with Crippen LogP contribution in [0.3, 0.4) is 0 Å². The number of hydrogen-bond acceptors (Lipinski definition) is 7. The number of carbonyl (C=O) groups is 3. The molecule has 148 valence electrons. The first-order valence-corrected chi connectivity index (χ1v) is 10.0. The third kappa shape index (κ3) is 5.89. The number of aliphatic carboxylic acids is 2. The van der Waals surface area contributed by atoms with Gasteiger partial charge in [-0.25, -0.2) is 18.6 Å². The largest absolute Gasteiger partial charge is 0.481 e. The van der Waals surface area contributed by atoms with Gasteiger partial charge in [0.1, 0.15) is 9.92 Å². The van der Waals surface area contributed by atoms with Crippen LogP contribution in [0.2, 0.25) is 0 Å². The molecule has 10 nitrogen and oxygen atoms in total.